The van der Waals surface area contributed by atoms with Crippen molar-refractivity contribution in [3.8, 4) is 22.9 Å². The Morgan fingerprint density at radius 3 is 2.90 bits per heavy atom. The van der Waals surface area contributed by atoms with Crippen LogP contribution in [0.4, 0.5) is 0 Å². The summed E-state index contributed by atoms with van der Waals surface area (Å²) in [6.45, 7) is 6.99. The molecule has 0 fully saturated rings. The summed E-state index contributed by atoms with van der Waals surface area (Å²) in [5.41, 5.74) is 12.4. The number of aliphatic imine (C=N–C) groups is 2. The van der Waals surface area contributed by atoms with E-state index in [0.29, 0.717) is 42.6 Å². The predicted molar refractivity (Wildman–Crippen MR) is 116 cm³/mol. The predicted octanol–water partition coefficient (Wildman–Crippen LogP) is 2.12. The molecule has 0 spiro atoms. The average Bonchev–Trinajstić information content (AvgIpc) is 3.03. The molecule has 2 heterocycles. The normalized spacial score (nSPS) is 14.7. The highest BCUT2D eigenvalue weighted by molar-refractivity contribution is 6.01. The number of aromatic nitrogens is 2. The van der Waals surface area contributed by atoms with Gasteiger partial charge in [0, 0.05) is 18.3 Å². The molecule has 0 bridgehead atoms. The zero-order valence-electron chi connectivity index (χ0n) is 17.5. The largest absolute Gasteiger partial charge is 0.491 e. The van der Waals surface area contributed by atoms with Gasteiger partial charge in [-0.1, -0.05) is 13.3 Å². The van der Waals surface area contributed by atoms with Crippen molar-refractivity contribution in [1.82, 2.24) is 9.55 Å². The quantitative estimate of drug-likeness (QED) is 0.531. The van der Waals surface area contributed by atoms with E-state index in [1.807, 2.05) is 37.6 Å². The molecule has 1 atom stereocenters. The van der Waals surface area contributed by atoms with Crippen LogP contribution in [0.3, 0.4) is 0 Å². The summed E-state index contributed by atoms with van der Waals surface area (Å²) in [6, 6.07) is 5.49. The topological polar surface area (TPSA) is 130 Å². The van der Waals surface area contributed by atoms with Crippen molar-refractivity contribution in [2.45, 2.75) is 52.3 Å². The van der Waals surface area contributed by atoms with E-state index < -0.39 is 12.0 Å². The number of benzene rings is 1. The lowest BCUT2D eigenvalue weighted by Crippen LogP contribution is -2.33. The molecule has 9 nitrogen and oxygen atoms in total. The molecule has 0 aliphatic carbocycles. The second kappa shape index (κ2) is 9.43. The molecular formula is C21H28N6O3. The second-order valence-electron chi connectivity index (χ2n) is 7.27. The fourth-order valence-corrected chi connectivity index (χ4v) is 3.21. The first-order valence-electron chi connectivity index (χ1n) is 10.1. The molecule has 0 radical (unpaired) electrons. The van der Waals surface area contributed by atoms with E-state index in [4.69, 9.17) is 25.9 Å². The van der Waals surface area contributed by atoms with Crippen molar-refractivity contribution >= 4 is 18.1 Å². The highest BCUT2D eigenvalue weighted by Crippen LogP contribution is 2.35. The van der Waals surface area contributed by atoms with Crippen LogP contribution in [0.5, 0.6) is 11.5 Å². The average molecular weight is 412 g/mol. The van der Waals surface area contributed by atoms with Gasteiger partial charge in [-0.25, -0.2) is 9.98 Å². The van der Waals surface area contributed by atoms with Crippen LogP contribution in [-0.4, -0.2) is 46.4 Å². The number of amidine groups is 1. The van der Waals surface area contributed by atoms with Gasteiger partial charge in [0.25, 0.3) is 5.91 Å². The van der Waals surface area contributed by atoms with Gasteiger partial charge < -0.3 is 25.5 Å². The van der Waals surface area contributed by atoms with Gasteiger partial charge in [0.15, 0.2) is 11.9 Å². The van der Waals surface area contributed by atoms with Gasteiger partial charge >= 0.3 is 0 Å². The molecule has 1 amide bonds. The summed E-state index contributed by atoms with van der Waals surface area (Å²) in [6.07, 6.45) is 3.80. The summed E-state index contributed by atoms with van der Waals surface area (Å²) in [4.78, 5) is 25.0. The Kier molecular flexibility index (Phi) is 6.71. The fourth-order valence-electron chi connectivity index (χ4n) is 3.21. The van der Waals surface area contributed by atoms with E-state index >= 15 is 0 Å². The zero-order valence-corrected chi connectivity index (χ0v) is 17.5. The molecule has 0 saturated heterocycles. The maximum absolute atomic E-state index is 11.6. The SMILES string of the molecule is CCCC(Oc1ccc2c(c1)OCCn1cc(C(N=CN)=NC(C)C)nc1-2)C(N)=O. The van der Waals surface area contributed by atoms with E-state index in [2.05, 4.69) is 9.98 Å². The number of carbonyl (C=O) groups is 1. The smallest absolute Gasteiger partial charge is 0.258 e. The summed E-state index contributed by atoms with van der Waals surface area (Å²) in [5.74, 6) is 1.91. The van der Waals surface area contributed by atoms with Crippen molar-refractivity contribution in [2.24, 2.45) is 21.5 Å². The lowest BCUT2D eigenvalue weighted by molar-refractivity contribution is -0.125. The number of amides is 1. The highest BCUT2D eigenvalue weighted by atomic mass is 16.5. The molecule has 1 aromatic carbocycles. The van der Waals surface area contributed by atoms with Crippen LogP contribution in [0.15, 0.2) is 34.4 Å². The maximum Gasteiger partial charge on any atom is 0.258 e. The monoisotopic (exact) mass is 412 g/mol. The first kappa shape index (κ1) is 21.4. The number of nitrogens with two attached hydrogens (primary N) is 2. The molecule has 160 valence electrons. The molecule has 4 N–H and O–H groups in total. The number of carbonyl (C=O) groups excluding carboxylic acids is 1. The Morgan fingerprint density at radius 1 is 1.43 bits per heavy atom. The Bertz CT molecular complexity index is 964. The van der Waals surface area contributed by atoms with Crippen molar-refractivity contribution in [2.75, 3.05) is 6.61 Å². The minimum Gasteiger partial charge on any atom is -0.491 e. The van der Waals surface area contributed by atoms with Gasteiger partial charge in [0.2, 0.25) is 0 Å². The number of fused-ring (bicyclic) bond motifs is 3. The minimum absolute atomic E-state index is 0.0573. The second-order valence-corrected chi connectivity index (χ2v) is 7.27. The number of hydrogen-bond donors (Lipinski definition) is 2. The van der Waals surface area contributed by atoms with Gasteiger partial charge in [-0.3, -0.25) is 9.79 Å². The molecule has 9 heteroatoms. The molecule has 1 aliphatic rings. The summed E-state index contributed by atoms with van der Waals surface area (Å²) in [7, 11) is 0. The molecule has 1 aliphatic heterocycles. The van der Waals surface area contributed by atoms with Crippen LogP contribution in [0.2, 0.25) is 0 Å². The number of rotatable bonds is 7. The molecule has 1 aromatic heterocycles. The highest BCUT2D eigenvalue weighted by Gasteiger charge is 2.22. The van der Waals surface area contributed by atoms with Gasteiger partial charge in [0.05, 0.1) is 18.4 Å². The van der Waals surface area contributed by atoms with E-state index in [-0.39, 0.29) is 6.04 Å². The van der Waals surface area contributed by atoms with Gasteiger partial charge in [0.1, 0.15) is 29.6 Å². The van der Waals surface area contributed by atoms with Crippen molar-refractivity contribution in [1.29, 1.82) is 0 Å². The van der Waals surface area contributed by atoms with Gasteiger partial charge in [-0.05, 0) is 32.4 Å². The van der Waals surface area contributed by atoms with E-state index in [1.165, 1.54) is 6.34 Å². The lowest BCUT2D eigenvalue weighted by Gasteiger charge is -2.16. The first-order chi connectivity index (χ1) is 14.4. The maximum atomic E-state index is 11.6. The van der Waals surface area contributed by atoms with Crippen LogP contribution < -0.4 is 20.9 Å². The third-order valence-electron chi connectivity index (χ3n) is 4.51. The lowest BCUT2D eigenvalue weighted by atomic mass is 10.1. The van der Waals surface area contributed by atoms with Crippen molar-refractivity contribution < 1.29 is 14.3 Å². The van der Waals surface area contributed by atoms with Gasteiger partial charge in [-0.2, -0.15) is 0 Å². The molecule has 2 aromatic rings. The Hall–Kier alpha value is -3.36. The first-order valence-corrected chi connectivity index (χ1v) is 10.1. The van der Waals surface area contributed by atoms with E-state index in [0.717, 1.165) is 17.8 Å². The third-order valence-corrected chi connectivity index (χ3v) is 4.51. The Labute approximate surface area is 175 Å². The third kappa shape index (κ3) is 4.79. The standard InChI is InChI=1S/C21H28N6O3/c1-4-5-17(19(23)28)30-14-6-7-15-18(10-14)29-9-8-27-11-16(26-21(15)27)20(24-12-22)25-13(2)3/h6-7,10-13,17H,4-5,8-9H2,1-3H3,(H2,23,28)(H2,22,24,25). The number of primary amides is 1. The molecule has 1 unspecified atom stereocenters. The van der Waals surface area contributed by atoms with E-state index in [1.54, 1.807) is 12.1 Å². The number of nitrogens with zero attached hydrogens (tertiary/aromatic N) is 4. The van der Waals surface area contributed by atoms with Crippen molar-refractivity contribution in [3.63, 3.8) is 0 Å². The minimum atomic E-state index is -0.670. The molecule has 3 rings (SSSR count). The fraction of sp³-hybridized carbons (Fsp3) is 0.429. The number of ether oxygens (including phenoxy) is 2. The van der Waals surface area contributed by atoms with Crippen LogP contribution in [-0.2, 0) is 11.3 Å². The zero-order chi connectivity index (χ0) is 21.7. The van der Waals surface area contributed by atoms with E-state index in [9.17, 15) is 4.79 Å². The van der Waals surface area contributed by atoms with Crippen LogP contribution in [0.1, 0.15) is 39.3 Å². The Morgan fingerprint density at radius 2 is 2.23 bits per heavy atom. The molecule has 0 saturated carbocycles. The summed E-state index contributed by atoms with van der Waals surface area (Å²) < 4.78 is 13.7. The Balaban J connectivity index is 1.96. The molecular weight excluding hydrogens is 384 g/mol. The van der Waals surface area contributed by atoms with Crippen LogP contribution in [0, 0.1) is 0 Å². The van der Waals surface area contributed by atoms with Crippen LogP contribution in [0.25, 0.3) is 11.4 Å². The van der Waals surface area contributed by atoms with Crippen molar-refractivity contribution in [3.05, 3.63) is 30.1 Å². The molecule has 30 heavy (non-hydrogen) atoms. The number of imidazole rings is 1. The number of hydrogen-bond acceptors (Lipinski definition) is 5. The summed E-state index contributed by atoms with van der Waals surface area (Å²) in [5, 5.41) is 0. The summed E-state index contributed by atoms with van der Waals surface area (Å²) >= 11 is 0. The van der Waals surface area contributed by atoms with Gasteiger partial charge in [-0.15, -0.1) is 0 Å². The van der Waals surface area contributed by atoms with Crippen LogP contribution >= 0.6 is 0 Å².